The summed E-state index contributed by atoms with van der Waals surface area (Å²) in [5.41, 5.74) is 3.22. The van der Waals surface area contributed by atoms with Crippen molar-refractivity contribution in [3.05, 3.63) is 97.1 Å². The van der Waals surface area contributed by atoms with Gasteiger partial charge in [-0.25, -0.2) is 19.4 Å². The third-order valence-corrected chi connectivity index (χ3v) is 8.85. The largest absolute Gasteiger partial charge is 0.494 e. The molecule has 0 spiro atoms. The Labute approximate surface area is 286 Å². The SMILES string of the molecule is C=CC(=O)Nc1cc(Nc2cc(N3OCC[C@@H]3Cc3cccc(Oc4cccc(F)c4)c3)ncn2)c(OC)cc1N1CCC(N(C)C)CC1. The van der Waals surface area contributed by atoms with E-state index in [0.29, 0.717) is 59.3 Å². The van der Waals surface area contributed by atoms with E-state index in [1.54, 1.807) is 19.2 Å². The zero-order valence-electron chi connectivity index (χ0n) is 28.1. The Hall–Kier alpha value is -5.20. The molecule has 0 saturated carbocycles. The number of methoxy groups -OCH3 is 1. The molecule has 0 unspecified atom stereocenters. The van der Waals surface area contributed by atoms with Gasteiger partial charge in [0.05, 0.1) is 36.8 Å². The first-order chi connectivity index (χ1) is 23.8. The van der Waals surface area contributed by atoms with Crippen molar-refractivity contribution in [3.63, 3.8) is 0 Å². The monoisotopic (exact) mass is 667 g/mol. The number of amides is 1. The van der Waals surface area contributed by atoms with Gasteiger partial charge >= 0.3 is 0 Å². The van der Waals surface area contributed by atoms with E-state index in [-0.39, 0.29) is 17.8 Å². The molecular weight excluding hydrogens is 625 g/mol. The maximum atomic E-state index is 13.7. The summed E-state index contributed by atoms with van der Waals surface area (Å²) in [6, 6.07) is 20.0. The van der Waals surface area contributed by atoms with E-state index in [1.165, 1.54) is 24.5 Å². The Morgan fingerprint density at radius 1 is 1.04 bits per heavy atom. The first-order valence-electron chi connectivity index (χ1n) is 16.4. The highest BCUT2D eigenvalue weighted by atomic mass is 19.1. The molecule has 2 N–H and O–H groups in total. The number of hydrogen-bond donors (Lipinski definition) is 2. The molecule has 0 bridgehead atoms. The van der Waals surface area contributed by atoms with Crippen molar-refractivity contribution in [1.82, 2.24) is 14.9 Å². The van der Waals surface area contributed by atoms with Gasteiger partial charge in [-0.2, -0.15) is 0 Å². The fourth-order valence-electron chi connectivity index (χ4n) is 6.30. The number of nitrogens with one attached hydrogen (secondary N) is 2. The van der Waals surface area contributed by atoms with Gasteiger partial charge < -0.3 is 29.9 Å². The number of benzene rings is 3. The molecule has 49 heavy (non-hydrogen) atoms. The summed E-state index contributed by atoms with van der Waals surface area (Å²) in [7, 11) is 5.84. The predicted octanol–water partition coefficient (Wildman–Crippen LogP) is 6.57. The molecule has 1 atom stereocenters. The zero-order valence-corrected chi connectivity index (χ0v) is 28.1. The van der Waals surface area contributed by atoms with E-state index in [2.05, 4.69) is 51.1 Å². The number of halogens is 1. The smallest absolute Gasteiger partial charge is 0.247 e. The lowest BCUT2D eigenvalue weighted by molar-refractivity contribution is -0.111. The van der Waals surface area contributed by atoms with E-state index >= 15 is 0 Å². The van der Waals surface area contributed by atoms with Gasteiger partial charge in [0, 0.05) is 37.3 Å². The first-order valence-corrected chi connectivity index (χ1v) is 16.4. The predicted molar refractivity (Wildman–Crippen MR) is 190 cm³/mol. The van der Waals surface area contributed by atoms with E-state index in [9.17, 15) is 9.18 Å². The molecule has 2 saturated heterocycles. The number of carbonyl (C=O) groups is 1. The van der Waals surface area contributed by atoms with Crippen molar-refractivity contribution < 1.29 is 23.5 Å². The molecule has 0 aliphatic carbocycles. The quantitative estimate of drug-likeness (QED) is 0.161. The number of ether oxygens (including phenoxy) is 2. The fraction of sp³-hybridized carbons (Fsp3) is 0.324. The minimum absolute atomic E-state index is 0.0124. The maximum absolute atomic E-state index is 13.7. The molecule has 2 fully saturated rings. The van der Waals surface area contributed by atoms with E-state index in [1.807, 2.05) is 47.5 Å². The Morgan fingerprint density at radius 2 is 1.82 bits per heavy atom. The maximum Gasteiger partial charge on any atom is 0.247 e. The second-order valence-electron chi connectivity index (χ2n) is 12.3. The van der Waals surface area contributed by atoms with Crippen LogP contribution in [-0.4, -0.2) is 73.8 Å². The van der Waals surface area contributed by atoms with Gasteiger partial charge in [0.2, 0.25) is 5.91 Å². The summed E-state index contributed by atoms with van der Waals surface area (Å²) >= 11 is 0. The summed E-state index contributed by atoms with van der Waals surface area (Å²) < 4.78 is 25.4. The van der Waals surface area contributed by atoms with Crippen LogP contribution in [-0.2, 0) is 16.1 Å². The molecule has 256 valence electrons. The topological polar surface area (TPSA) is 104 Å². The van der Waals surface area contributed by atoms with Gasteiger partial charge in [-0.05, 0) is 81.7 Å². The average molecular weight is 668 g/mol. The summed E-state index contributed by atoms with van der Waals surface area (Å²) in [6.45, 7) is 5.89. The van der Waals surface area contributed by atoms with Crippen LogP contribution in [0.2, 0.25) is 0 Å². The third kappa shape index (κ3) is 8.27. The van der Waals surface area contributed by atoms with Crippen molar-refractivity contribution in [1.29, 1.82) is 0 Å². The molecule has 3 heterocycles. The number of hydrogen-bond acceptors (Lipinski definition) is 10. The molecule has 4 aromatic rings. The van der Waals surface area contributed by atoms with Crippen LogP contribution in [0.15, 0.2) is 85.7 Å². The highest BCUT2D eigenvalue weighted by Crippen LogP contribution is 2.40. The van der Waals surface area contributed by atoms with E-state index in [4.69, 9.17) is 14.3 Å². The van der Waals surface area contributed by atoms with Crippen molar-refractivity contribution in [3.8, 4) is 17.2 Å². The minimum Gasteiger partial charge on any atom is -0.494 e. The Kier molecular flexibility index (Phi) is 10.6. The second kappa shape index (κ2) is 15.3. The van der Waals surface area contributed by atoms with E-state index < -0.39 is 0 Å². The summed E-state index contributed by atoms with van der Waals surface area (Å²) in [6.07, 6.45) is 6.26. The minimum atomic E-state index is -0.350. The molecule has 6 rings (SSSR count). The number of anilines is 5. The Balaban J connectivity index is 1.19. The molecule has 2 aliphatic rings. The van der Waals surface area contributed by atoms with Crippen LogP contribution >= 0.6 is 0 Å². The first kappa shape index (κ1) is 33.7. The van der Waals surface area contributed by atoms with Crippen LogP contribution < -0.4 is 30.1 Å². The van der Waals surface area contributed by atoms with Crippen molar-refractivity contribution in [2.24, 2.45) is 0 Å². The van der Waals surface area contributed by atoms with Gasteiger partial charge in [-0.1, -0.05) is 24.8 Å². The van der Waals surface area contributed by atoms with Crippen molar-refractivity contribution in [2.45, 2.75) is 37.8 Å². The van der Waals surface area contributed by atoms with Crippen LogP contribution in [0, 0.1) is 5.82 Å². The lowest BCUT2D eigenvalue weighted by Gasteiger charge is -2.37. The molecule has 3 aromatic carbocycles. The molecule has 1 amide bonds. The van der Waals surface area contributed by atoms with Gasteiger partial charge in [-0.15, -0.1) is 0 Å². The molecule has 1 aromatic heterocycles. The fourth-order valence-corrected chi connectivity index (χ4v) is 6.30. The lowest BCUT2D eigenvalue weighted by Crippen LogP contribution is -2.42. The number of nitrogens with zero attached hydrogens (tertiary/aromatic N) is 5. The standard InChI is InChI=1S/C37H42FN7O4/c1-5-37(46)42-31-21-32(34(47-4)22-33(31)44-15-12-27(13-16-44)43(2)3)41-35-23-36(40-24-39-35)45-28(14-17-48-45)18-25-8-6-10-29(19-25)49-30-11-7-9-26(38)20-30/h5-11,19-24,27-28H,1,12-18H2,2-4H3,(H,42,46)(H,39,40,41)/t28-/m1/s1. The van der Waals surface area contributed by atoms with Crippen molar-refractivity contribution >= 4 is 34.6 Å². The van der Waals surface area contributed by atoms with Crippen LogP contribution in [0.3, 0.4) is 0 Å². The number of hydroxylamine groups is 1. The molecule has 11 nitrogen and oxygen atoms in total. The van der Waals surface area contributed by atoms with Crippen LogP contribution in [0.4, 0.5) is 33.1 Å². The number of piperidine rings is 1. The average Bonchev–Trinajstić information content (AvgIpc) is 3.57. The van der Waals surface area contributed by atoms with Crippen LogP contribution in [0.5, 0.6) is 17.2 Å². The van der Waals surface area contributed by atoms with Gasteiger partial charge in [0.1, 0.15) is 35.2 Å². The zero-order chi connectivity index (χ0) is 34.3. The molecular formula is C37H42FN7O4. The second-order valence-corrected chi connectivity index (χ2v) is 12.3. The molecule has 0 radical (unpaired) electrons. The molecule has 12 heteroatoms. The highest BCUT2D eigenvalue weighted by Gasteiger charge is 2.29. The van der Waals surface area contributed by atoms with Gasteiger partial charge in [-0.3, -0.25) is 9.63 Å². The van der Waals surface area contributed by atoms with Gasteiger partial charge in [0.25, 0.3) is 0 Å². The summed E-state index contributed by atoms with van der Waals surface area (Å²) in [5, 5.41) is 8.17. The molecule has 2 aliphatic heterocycles. The lowest BCUT2D eigenvalue weighted by atomic mass is 10.0. The Morgan fingerprint density at radius 3 is 2.55 bits per heavy atom. The van der Waals surface area contributed by atoms with Crippen LogP contribution in [0.25, 0.3) is 0 Å². The summed E-state index contributed by atoms with van der Waals surface area (Å²) in [5.74, 6) is 2.16. The normalized spacial score (nSPS) is 16.5. The van der Waals surface area contributed by atoms with Gasteiger partial charge in [0.15, 0.2) is 5.82 Å². The summed E-state index contributed by atoms with van der Waals surface area (Å²) in [4.78, 5) is 32.1. The van der Waals surface area contributed by atoms with Crippen LogP contribution in [0.1, 0.15) is 24.8 Å². The van der Waals surface area contributed by atoms with E-state index in [0.717, 1.165) is 43.6 Å². The number of rotatable bonds is 12. The number of carbonyl (C=O) groups excluding carboxylic acids is 1. The van der Waals surface area contributed by atoms with Crippen molar-refractivity contribution in [2.75, 3.05) is 61.5 Å². The third-order valence-electron chi connectivity index (χ3n) is 8.85. The Bertz CT molecular complexity index is 1780. The highest BCUT2D eigenvalue weighted by molar-refractivity contribution is 6.02. The number of aromatic nitrogens is 2.